The van der Waals surface area contributed by atoms with E-state index in [0.717, 1.165) is 13.0 Å². The summed E-state index contributed by atoms with van der Waals surface area (Å²) in [6.07, 6.45) is 1.02. The number of phenols is 1. The van der Waals surface area contributed by atoms with Gasteiger partial charge in [-0.3, -0.25) is 0 Å². The number of rotatable bonds is 0. The van der Waals surface area contributed by atoms with Crippen molar-refractivity contribution in [2.75, 3.05) is 6.54 Å². The molecule has 64 valence electrons. The molecule has 0 radical (unpaired) electrons. The molecule has 0 aromatic heterocycles. The van der Waals surface area contributed by atoms with Crippen molar-refractivity contribution in [1.82, 2.24) is 5.32 Å². The zero-order valence-corrected chi connectivity index (χ0v) is 7.17. The molecule has 0 saturated heterocycles. The number of aromatic hydroxyl groups is 1. The van der Waals surface area contributed by atoms with Gasteiger partial charge in [-0.15, -0.1) is 0 Å². The molecule has 2 nitrogen and oxygen atoms in total. The van der Waals surface area contributed by atoms with E-state index in [-0.39, 0.29) is 0 Å². The summed E-state index contributed by atoms with van der Waals surface area (Å²) in [4.78, 5) is 0. The highest BCUT2D eigenvalue weighted by Gasteiger charge is 2.14. The maximum atomic E-state index is 9.25. The maximum Gasteiger partial charge on any atom is 0.115 e. The summed E-state index contributed by atoms with van der Waals surface area (Å²) in [5.41, 5.74) is 2.60. The van der Waals surface area contributed by atoms with Gasteiger partial charge in [-0.25, -0.2) is 0 Å². The first-order chi connectivity index (χ1) is 5.77. The standard InChI is InChI=1S/C10H13NO/c1-7-10-3-2-9(12)6-8(10)4-5-11-7/h2-3,6-7,11-12H,4-5H2,1H3/t7-/m0/s1. The van der Waals surface area contributed by atoms with E-state index in [1.54, 1.807) is 6.07 Å². The number of hydrogen-bond acceptors (Lipinski definition) is 2. The first-order valence-corrected chi connectivity index (χ1v) is 4.32. The van der Waals surface area contributed by atoms with Gasteiger partial charge in [0.2, 0.25) is 0 Å². The third-order valence-electron chi connectivity index (χ3n) is 2.44. The van der Waals surface area contributed by atoms with Crippen molar-refractivity contribution in [1.29, 1.82) is 0 Å². The molecule has 1 aliphatic heterocycles. The lowest BCUT2D eigenvalue weighted by molar-refractivity contribution is 0.470. The molecule has 0 amide bonds. The van der Waals surface area contributed by atoms with Crippen LogP contribution in [0.2, 0.25) is 0 Å². The van der Waals surface area contributed by atoms with E-state index in [0.29, 0.717) is 11.8 Å². The van der Waals surface area contributed by atoms with Crippen molar-refractivity contribution in [3.05, 3.63) is 29.3 Å². The van der Waals surface area contributed by atoms with Gasteiger partial charge in [0.25, 0.3) is 0 Å². The zero-order chi connectivity index (χ0) is 8.55. The predicted octanol–water partition coefficient (Wildman–Crippen LogP) is 1.60. The Bertz CT molecular complexity index is 296. The highest BCUT2D eigenvalue weighted by Crippen LogP contribution is 2.25. The molecule has 2 rings (SSSR count). The van der Waals surface area contributed by atoms with Gasteiger partial charge in [0.05, 0.1) is 0 Å². The third kappa shape index (κ3) is 1.18. The second-order valence-corrected chi connectivity index (χ2v) is 3.31. The van der Waals surface area contributed by atoms with Crippen LogP contribution in [-0.4, -0.2) is 11.7 Å². The van der Waals surface area contributed by atoms with Crippen LogP contribution in [0.4, 0.5) is 0 Å². The Morgan fingerprint density at radius 2 is 2.33 bits per heavy atom. The third-order valence-corrected chi connectivity index (χ3v) is 2.44. The van der Waals surface area contributed by atoms with Crippen LogP contribution in [0.25, 0.3) is 0 Å². The molecule has 1 aromatic carbocycles. The molecule has 1 atom stereocenters. The Morgan fingerprint density at radius 1 is 1.50 bits per heavy atom. The summed E-state index contributed by atoms with van der Waals surface area (Å²) in [5, 5.41) is 12.6. The summed E-state index contributed by atoms with van der Waals surface area (Å²) < 4.78 is 0. The monoisotopic (exact) mass is 163 g/mol. The van der Waals surface area contributed by atoms with Crippen LogP contribution in [0.15, 0.2) is 18.2 Å². The van der Waals surface area contributed by atoms with Crippen molar-refractivity contribution < 1.29 is 5.11 Å². The Balaban J connectivity index is 2.46. The highest BCUT2D eigenvalue weighted by atomic mass is 16.3. The van der Waals surface area contributed by atoms with Crippen molar-refractivity contribution in [2.24, 2.45) is 0 Å². The maximum absolute atomic E-state index is 9.25. The fourth-order valence-corrected chi connectivity index (χ4v) is 1.76. The minimum atomic E-state index is 0.378. The van der Waals surface area contributed by atoms with Gasteiger partial charge >= 0.3 is 0 Å². The molecule has 12 heavy (non-hydrogen) atoms. The molecule has 0 fully saturated rings. The molecule has 0 spiro atoms. The number of nitrogens with one attached hydrogen (secondary N) is 1. The molecule has 0 saturated carbocycles. The van der Waals surface area contributed by atoms with Crippen LogP contribution < -0.4 is 5.32 Å². The fraction of sp³-hybridized carbons (Fsp3) is 0.400. The van der Waals surface area contributed by atoms with E-state index < -0.39 is 0 Å². The molecule has 0 bridgehead atoms. The van der Waals surface area contributed by atoms with Crippen molar-refractivity contribution in [3.63, 3.8) is 0 Å². The lowest BCUT2D eigenvalue weighted by Gasteiger charge is -2.23. The normalized spacial score (nSPS) is 21.9. The number of fused-ring (bicyclic) bond motifs is 1. The predicted molar refractivity (Wildman–Crippen MR) is 48.2 cm³/mol. The lowest BCUT2D eigenvalue weighted by atomic mass is 9.95. The van der Waals surface area contributed by atoms with Gasteiger partial charge in [0.15, 0.2) is 0 Å². The van der Waals surface area contributed by atoms with E-state index in [4.69, 9.17) is 0 Å². The van der Waals surface area contributed by atoms with E-state index in [1.165, 1.54) is 11.1 Å². The zero-order valence-electron chi connectivity index (χ0n) is 7.17. The van der Waals surface area contributed by atoms with Crippen molar-refractivity contribution in [2.45, 2.75) is 19.4 Å². The quantitative estimate of drug-likeness (QED) is 0.609. The van der Waals surface area contributed by atoms with Gasteiger partial charge in [-0.2, -0.15) is 0 Å². The van der Waals surface area contributed by atoms with Gasteiger partial charge in [-0.05, 0) is 43.1 Å². The minimum Gasteiger partial charge on any atom is -0.508 e. The first kappa shape index (κ1) is 7.62. The topological polar surface area (TPSA) is 32.3 Å². The Hall–Kier alpha value is -1.02. The van der Waals surface area contributed by atoms with E-state index in [9.17, 15) is 5.11 Å². The average Bonchev–Trinajstić information content (AvgIpc) is 2.04. The Morgan fingerprint density at radius 3 is 3.17 bits per heavy atom. The number of hydrogen-bond donors (Lipinski definition) is 2. The molecule has 1 aliphatic rings. The summed E-state index contributed by atoms with van der Waals surface area (Å²) in [5.74, 6) is 0.378. The number of phenolic OH excluding ortho intramolecular Hbond substituents is 1. The SMILES string of the molecule is C[C@@H]1NCCc2cc(O)ccc21. The number of benzene rings is 1. The Labute approximate surface area is 72.2 Å². The molecule has 0 unspecified atom stereocenters. The lowest BCUT2D eigenvalue weighted by Crippen LogP contribution is -2.27. The van der Waals surface area contributed by atoms with Crippen LogP contribution in [0.1, 0.15) is 24.1 Å². The average molecular weight is 163 g/mol. The second-order valence-electron chi connectivity index (χ2n) is 3.31. The molecule has 2 heteroatoms. The smallest absolute Gasteiger partial charge is 0.115 e. The van der Waals surface area contributed by atoms with Crippen LogP contribution in [0.3, 0.4) is 0 Å². The molecular formula is C10H13NO. The minimum absolute atomic E-state index is 0.378. The van der Waals surface area contributed by atoms with Gasteiger partial charge in [0.1, 0.15) is 5.75 Å². The Kier molecular flexibility index (Phi) is 1.77. The largest absolute Gasteiger partial charge is 0.508 e. The van der Waals surface area contributed by atoms with E-state index in [2.05, 4.69) is 12.2 Å². The highest BCUT2D eigenvalue weighted by molar-refractivity contribution is 5.38. The first-order valence-electron chi connectivity index (χ1n) is 4.32. The van der Waals surface area contributed by atoms with Crippen LogP contribution in [0.5, 0.6) is 5.75 Å². The summed E-state index contributed by atoms with van der Waals surface area (Å²) in [7, 11) is 0. The van der Waals surface area contributed by atoms with E-state index >= 15 is 0 Å². The van der Waals surface area contributed by atoms with Crippen LogP contribution in [-0.2, 0) is 6.42 Å². The van der Waals surface area contributed by atoms with Gasteiger partial charge in [-0.1, -0.05) is 6.07 Å². The van der Waals surface area contributed by atoms with Crippen molar-refractivity contribution in [3.8, 4) is 5.75 Å². The van der Waals surface area contributed by atoms with E-state index in [1.807, 2.05) is 12.1 Å². The fourth-order valence-electron chi connectivity index (χ4n) is 1.76. The second kappa shape index (κ2) is 2.79. The molecule has 0 aliphatic carbocycles. The molecule has 1 aromatic rings. The molecular weight excluding hydrogens is 150 g/mol. The van der Waals surface area contributed by atoms with Gasteiger partial charge in [0, 0.05) is 6.04 Å². The molecule has 2 N–H and O–H groups in total. The summed E-state index contributed by atoms with van der Waals surface area (Å²) in [6, 6.07) is 6.05. The van der Waals surface area contributed by atoms with Crippen LogP contribution in [0, 0.1) is 0 Å². The van der Waals surface area contributed by atoms with Crippen LogP contribution >= 0.6 is 0 Å². The summed E-state index contributed by atoms with van der Waals surface area (Å²) in [6.45, 7) is 3.16. The van der Waals surface area contributed by atoms with Crippen molar-refractivity contribution >= 4 is 0 Å². The van der Waals surface area contributed by atoms with Gasteiger partial charge < -0.3 is 10.4 Å². The molecule has 1 heterocycles. The summed E-state index contributed by atoms with van der Waals surface area (Å²) >= 11 is 0.